The Morgan fingerprint density at radius 2 is 0.562 bits per heavy atom. The molecule has 0 saturated heterocycles. The predicted molar refractivity (Wildman–Crippen MR) is 132 cm³/mol. The van der Waals surface area contributed by atoms with E-state index in [0.29, 0.717) is 66.1 Å². The first-order chi connectivity index (χ1) is 15.9. The molecular formula is C26H54O6. The molecule has 0 bridgehead atoms. The maximum absolute atomic E-state index is 5.63. The second-order valence-electron chi connectivity index (χ2n) is 8.15. The maximum Gasteiger partial charge on any atom is 0.0701 e. The Hall–Kier alpha value is -0.240. The highest BCUT2D eigenvalue weighted by atomic mass is 16.6. The van der Waals surface area contributed by atoms with Crippen molar-refractivity contribution >= 4 is 0 Å². The quantitative estimate of drug-likeness (QED) is 0.131. The molecule has 0 aliphatic carbocycles. The van der Waals surface area contributed by atoms with Gasteiger partial charge in [0.2, 0.25) is 0 Å². The SMILES string of the molecule is CCCCCCCCCCCCCCOCCOCCOCCOCCOCCOCC. The van der Waals surface area contributed by atoms with Crippen molar-refractivity contribution in [3.05, 3.63) is 0 Å². The van der Waals surface area contributed by atoms with Crippen LogP contribution < -0.4 is 0 Å². The Labute approximate surface area is 199 Å². The van der Waals surface area contributed by atoms with Gasteiger partial charge >= 0.3 is 0 Å². The fourth-order valence-electron chi connectivity index (χ4n) is 3.29. The summed E-state index contributed by atoms with van der Waals surface area (Å²) in [6.07, 6.45) is 16.5. The lowest BCUT2D eigenvalue weighted by molar-refractivity contribution is -0.0163. The molecule has 6 nitrogen and oxygen atoms in total. The van der Waals surface area contributed by atoms with Crippen LogP contribution in [0.2, 0.25) is 0 Å². The number of hydrogen-bond donors (Lipinski definition) is 0. The van der Waals surface area contributed by atoms with Gasteiger partial charge in [0.25, 0.3) is 0 Å². The molecule has 0 fully saturated rings. The molecule has 0 aliphatic rings. The monoisotopic (exact) mass is 462 g/mol. The third kappa shape index (κ3) is 29.8. The molecule has 0 atom stereocenters. The van der Waals surface area contributed by atoms with Gasteiger partial charge in [0.15, 0.2) is 0 Å². The maximum atomic E-state index is 5.63. The molecule has 0 rings (SSSR count). The smallest absolute Gasteiger partial charge is 0.0701 e. The lowest BCUT2D eigenvalue weighted by atomic mass is 10.1. The van der Waals surface area contributed by atoms with Crippen molar-refractivity contribution in [2.75, 3.05) is 79.3 Å². The van der Waals surface area contributed by atoms with Crippen molar-refractivity contribution in [2.45, 2.75) is 90.9 Å². The Kier molecular flexibility index (Phi) is 30.5. The van der Waals surface area contributed by atoms with E-state index in [1.54, 1.807) is 0 Å². The molecule has 194 valence electrons. The van der Waals surface area contributed by atoms with Gasteiger partial charge in [-0.05, 0) is 13.3 Å². The van der Waals surface area contributed by atoms with Gasteiger partial charge < -0.3 is 28.4 Å². The van der Waals surface area contributed by atoms with Crippen LogP contribution in [-0.2, 0) is 28.4 Å². The Bertz CT molecular complexity index is 287. The molecule has 0 aromatic carbocycles. The van der Waals surface area contributed by atoms with E-state index >= 15 is 0 Å². The molecule has 0 N–H and O–H groups in total. The number of rotatable bonds is 29. The third-order valence-electron chi connectivity index (χ3n) is 5.21. The van der Waals surface area contributed by atoms with Crippen molar-refractivity contribution < 1.29 is 28.4 Å². The van der Waals surface area contributed by atoms with E-state index in [0.717, 1.165) is 19.6 Å². The van der Waals surface area contributed by atoms with Crippen LogP contribution in [0, 0.1) is 0 Å². The largest absolute Gasteiger partial charge is 0.379 e. The van der Waals surface area contributed by atoms with Gasteiger partial charge in [0, 0.05) is 13.2 Å². The summed E-state index contributed by atoms with van der Waals surface area (Å²) in [5, 5.41) is 0. The summed E-state index contributed by atoms with van der Waals surface area (Å²) >= 11 is 0. The lowest BCUT2D eigenvalue weighted by Crippen LogP contribution is -2.14. The van der Waals surface area contributed by atoms with Gasteiger partial charge in [-0.2, -0.15) is 0 Å². The van der Waals surface area contributed by atoms with E-state index in [2.05, 4.69) is 6.92 Å². The van der Waals surface area contributed by atoms with Crippen LogP contribution in [0.25, 0.3) is 0 Å². The summed E-state index contributed by atoms with van der Waals surface area (Å²) in [7, 11) is 0. The average molecular weight is 463 g/mol. The Balaban J connectivity index is 2.98. The zero-order valence-corrected chi connectivity index (χ0v) is 21.4. The Morgan fingerprint density at radius 1 is 0.281 bits per heavy atom. The highest BCUT2D eigenvalue weighted by Crippen LogP contribution is 2.11. The predicted octanol–water partition coefficient (Wildman–Crippen LogP) is 5.81. The minimum atomic E-state index is 0.580. The highest BCUT2D eigenvalue weighted by molar-refractivity contribution is 4.48. The van der Waals surface area contributed by atoms with Crippen LogP contribution in [0.4, 0.5) is 0 Å². The summed E-state index contributed by atoms with van der Waals surface area (Å²) in [5.41, 5.74) is 0. The summed E-state index contributed by atoms with van der Waals surface area (Å²) < 4.78 is 32.6. The summed E-state index contributed by atoms with van der Waals surface area (Å²) in [4.78, 5) is 0. The zero-order chi connectivity index (χ0) is 23.2. The summed E-state index contributed by atoms with van der Waals surface area (Å²) in [6.45, 7) is 11.9. The van der Waals surface area contributed by atoms with E-state index < -0.39 is 0 Å². The van der Waals surface area contributed by atoms with Crippen molar-refractivity contribution in [3.63, 3.8) is 0 Å². The van der Waals surface area contributed by atoms with Crippen LogP contribution >= 0.6 is 0 Å². The first kappa shape index (κ1) is 31.8. The number of hydrogen-bond acceptors (Lipinski definition) is 6. The summed E-state index contributed by atoms with van der Waals surface area (Å²) in [5.74, 6) is 0. The van der Waals surface area contributed by atoms with Gasteiger partial charge in [0.05, 0.1) is 66.1 Å². The normalized spacial score (nSPS) is 11.4. The molecule has 0 unspecified atom stereocenters. The molecule has 32 heavy (non-hydrogen) atoms. The molecule has 0 heterocycles. The van der Waals surface area contributed by atoms with Crippen LogP contribution in [0.15, 0.2) is 0 Å². The molecular weight excluding hydrogens is 408 g/mol. The van der Waals surface area contributed by atoms with Crippen LogP contribution in [0.5, 0.6) is 0 Å². The van der Waals surface area contributed by atoms with Crippen molar-refractivity contribution in [1.29, 1.82) is 0 Å². The first-order valence-corrected chi connectivity index (χ1v) is 13.4. The van der Waals surface area contributed by atoms with Gasteiger partial charge in [-0.15, -0.1) is 0 Å². The first-order valence-electron chi connectivity index (χ1n) is 13.4. The van der Waals surface area contributed by atoms with E-state index in [4.69, 9.17) is 28.4 Å². The molecule has 0 amide bonds. The van der Waals surface area contributed by atoms with E-state index in [9.17, 15) is 0 Å². The molecule has 0 aromatic heterocycles. The topological polar surface area (TPSA) is 55.4 Å². The number of ether oxygens (including phenoxy) is 6. The fraction of sp³-hybridized carbons (Fsp3) is 1.00. The average Bonchev–Trinajstić information content (AvgIpc) is 2.81. The van der Waals surface area contributed by atoms with Crippen LogP contribution in [0.1, 0.15) is 90.9 Å². The molecule has 0 aromatic rings. The van der Waals surface area contributed by atoms with Gasteiger partial charge in [-0.3, -0.25) is 0 Å². The molecule has 0 spiro atoms. The fourth-order valence-corrected chi connectivity index (χ4v) is 3.29. The molecule has 0 radical (unpaired) electrons. The molecule has 6 heteroatoms. The number of unbranched alkanes of at least 4 members (excludes halogenated alkanes) is 11. The van der Waals surface area contributed by atoms with E-state index in [1.165, 1.54) is 70.6 Å². The minimum absolute atomic E-state index is 0.580. The lowest BCUT2D eigenvalue weighted by Gasteiger charge is -2.08. The summed E-state index contributed by atoms with van der Waals surface area (Å²) in [6, 6.07) is 0. The van der Waals surface area contributed by atoms with Gasteiger partial charge in [0.1, 0.15) is 0 Å². The second kappa shape index (κ2) is 30.8. The van der Waals surface area contributed by atoms with E-state index in [1.807, 2.05) is 6.92 Å². The minimum Gasteiger partial charge on any atom is -0.379 e. The molecule has 0 aliphatic heterocycles. The standard InChI is InChI=1S/C26H54O6/c1-3-5-6-7-8-9-10-11-12-13-14-15-16-28-19-20-30-23-24-32-26-25-31-22-21-29-18-17-27-4-2/h3-26H2,1-2H3. The van der Waals surface area contributed by atoms with Crippen LogP contribution in [-0.4, -0.2) is 79.3 Å². The van der Waals surface area contributed by atoms with Crippen LogP contribution in [0.3, 0.4) is 0 Å². The third-order valence-corrected chi connectivity index (χ3v) is 5.21. The van der Waals surface area contributed by atoms with Gasteiger partial charge in [-0.25, -0.2) is 0 Å². The van der Waals surface area contributed by atoms with E-state index in [-0.39, 0.29) is 0 Å². The van der Waals surface area contributed by atoms with Gasteiger partial charge in [-0.1, -0.05) is 77.6 Å². The zero-order valence-electron chi connectivity index (χ0n) is 21.4. The second-order valence-corrected chi connectivity index (χ2v) is 8.15. The van der Waals surface area contributed by atoms with Crippen molar-refractivity contribution in [2.24, 2.45) is 0 Å². The Morgan fingerprint density at radius 3 is 0.906 bits per heavy atom. The van der Waals surface area contributed by atoms with Crippen molar-refractivity contribution in [1.82, 2.24) is 0 Å². The molecule has 0 saturated carbocycles. The van der Waals surface area contributed by atoms with Crippen molar-refractivity contribution in [3.8, 4) is 0 Å². The highest BCUT2D eigenvalue weighted by Gasteiger charge is 1.96.